The molecule has 0 atom stereocenters. The molecule has 0 saturated carbocycles. The Bertz CT molecular complexity index is 1020. The second-order valence-corrected chi connectivity index (χ2v) is 8.89. The van der Waals surface area contributed by atoms with E-state index in [0.29, 0.717) is 9.84 Å². The van der Waals surface area contributed by atoms with Crippen LogP contribution >= 0.6 is 22.4 Å². The zero-order valence-electron chi connectivity index (χ0n) is 15.0. The van der Waals surface area contributed by atoms with Gasteiger partial charge in [-0.3, -0.25) is 0 Å². The van der Waals surface area contributed by atoms with Crippen LogP contribution in [0.5, 0.6) is 0 Å². The van der Waals surface area contributed by atoms with E-state index in [1.54, 1.807) is 0 Å². The van der Waals surface area contributed by atoms with Crippen LogP contribution in [0.2, 0.25) is 0 Å². The summed E-state index contributed by atoms with van der Waals surface area (Å²) < 4.78 is 70.7. The number of halogens is 5. The fraction of sp³-hybridized carbons (Fsp3) is 0.333. The minimum absolute atomic E-state index is 0.404. The molecule has 0 saturated heterocycles. The molecule has 0 N–H and O–H groups in total. The molecule has 0 bridgehead atoms. The third-order valence-corrected chi connectivity index (χ3v) is 5.07. The van der Waals surface area contributed by atoms with Crippen molar-refractivity contribution in [1.82, 2.24) is 29.5 Å². The molecule has 30 heavy (non-hydrogen) atoms. The van der Waals surface area contributed by atoms with Gasteiger partial charge in [0.15, 0.2) is 0 Å². The Morgan fingerprint density at radius 3 is 2.03 bits per heavy atom. The quantitative estimate of drug-likeness (QED) is 0.274. The number of thioether (sulfide) groups is 1. The van der Waals surface area contributed by atoms with E-state index in [1.807, 2.05) is 30.3 Å². The van der Waals surface area contributed by atoms with Crippen LogP contribution in [0.15, 0.2) is 53.3 Å². The monoisotopic (exact) mass is 486 g/mol. The van der Waals surface area contributed by atoms with Gasteiger partial charge < -0.3 is 0 Å². The van der Waals surface area contributed by atoms with Gasteiger partial charge in [-0.1, -0.05) is 42.1 Å². The lowest BCUT2D eigenvalue weighted by Crippen LogP contribution is -2.07. The highest BCUT2D eigenvalue weighted by atomic mass is 35.7. The molecule has 15 heteroatoms. The average Bonchev–Trinajstić information content (AvgIpc) is 3.30. The smallest absolute Gasteiger partial charge is 0.246 e. The van der Waals surface area contributed by atoms with E-state index in [2.05, 4.69) is 20.2 Å². The lowest BCUT2D eigenvalue weighted by Gasteiger charge is -1.98. The first-order valence-electron chi connectivity index (χ1n) is 8.10. The van der Waals surface area contributed by atoms with E-state index in [9.17, 15) is 26.0 Å². The molecule has 0 radical (unpaired) electrons. The summed E-state index contributed by atoms with van der Waals surface area (Å²) >= 11 is 1.43. The van der Waals surface area contributed by atoms with E-state index in [-0.39, 0.29) is 0 Å². The van der Waals surface area contributed by atoms with E-state index < -0.39 is 40.1 Å². The van der Waals surface area contributed by atoms with E-state index >= 15 is 0 Å². The number of nitrogens with zero attached hydrogens (tertiary/aromatic N) is 6. The zero-order valence-corrected chi connectivity index (χ0v) is 17.4. The van der Waals surface area contributed by atoms with Crippen LogP contribution in [0.1, 0.15) is 5.56 Å². The molecule has 0 unspecified atom stereocenters. The molecule has 8 nitrogen and oxygen atoms in total. The molecule has 0 fully saturated rings. The normalized spacial score (nSPS) is 11.6. The van der Waals surface area contributed by atoms with Crippen molar-refractivity contribution >= 4 is 31.5 Å². The van der Waals surface area contributed by atoms with Gasteiger partial charge in [-0.2, -0.15) is 0 Å². The van der Waals surface area contributed by atoms with Gasteiger partial charge in [-0.15, -0.1) is 10.2 Å². The molecule has 3 rings (SSSR count). The molecule has 164 valence electrons. The van der Waals surface area contributed by atoms with Crippen LogP contribution in [0.4, 0.5) is 17.6 Å². The van der Waals surface area contributed by atoms with Gasteiger partial charge >= 0.3 is 0 Å². The first-order valence-corrected chi connectivity index (χ1v) is 11.4. The highest BCUT2D eigenvalue weighted by Crippen LogP contribution is 2.18. The van der Waals surface area contributed by atoms with Crippen molar-refractivity contribution in [2.45, 2.75) is 42.0 Å². The maximum absolute atomic E-state index is 12.1. The number of rotatable bonds is 8. The molecular weight excluding hydrogens is 472 g/mol. The molecule has 0 spiro atoms. The lowest BCUT2D eigenvalue weighted by molar-refractivity contribution is 0.120. The standard InChI is InChI=1S/C11H11F2N3S.C4H4ClF2N3O2S/c12-10(13)6-16-8-14-11(15-16)17-7-9-4-2-1-3-5-9;5-13(11,12)4-8-2-10(9-4)1-3(6)7/h1-5,8,10H,6-7H2;2-3H,1H2. The van der Waals surface area contributed by atoms with Crippen molar-refractivity contribution in [3.05, 3.63) is 48.5 Å². The lowest BCUT2D eigenvalue weighted by atomic mass is 10.2. The molecule has 0 aliphatic carbocycles. The molecule has 2 aromatic heterocycles. The second-order valence-electron chi connectivity index (χ2n) is 5.49. The van der Waals surface area contributed by atoms with Gasteiger partial charge in [-0.05, 0) is 5.56 Å². The number of hydrogen-bond donors (Lipinski definition) is 0. The number of aromatic nitrogens is 6. The first-order chi connectivity index (χ1) is 14.1. The highest BCUT2D eigenvalue weighted by Gasteiger charge is 2.16. The van der Waals surface area contributed by atoms with Gasteiger partial charge in [0.2, 0.25) is 5.16 Å². The van der Waals surface area contributed by atoms with Crippen molar-refractivity contribution in [3.63, 3.8) is 0 Å². The summed E-state index contributed by atoms with van der Waals surface area (Å²) in [5.74, 6) is 0.736. The maximum Gasteiger partial charge on any atom is 0.298 e. The number of benzene rings is 1. The third kappa shape index (κ3) is 8.67. The van der Waals surface area contributed by atoms with Crippen LogP contribution in [0.25, 0.3) is 0 Å². The average molecular weight is 487 g/mol. The van der Waals surface area contributed by atoms with E-state index in [0.717, 1.165) is 22.3 Å². The number of alkyl halides is 4. The van der Waals surface area contributed by atoms with Crippen LogP contribution in [0, 0.1) is 0 Å². The van der Waals surface area contributed by atoms with Gasteiger partial charge in [0.25, 0.3) is 27.1 Å². The van der Waals surface area contributed by atoms with Crippen molar-refractivity contribution in [3.8, 4) is 0 Å². The summed E-state index contributed by atoms with van der Waals surface area (Å²) in [5, 5.41) is 7.03. The molecule has 3 aromatic rings. The Kier molecular flexibility index (Phi) is 9.05. The largest absolute Gasteiger partial charge is 0.298 e. The second kappa shape index (κ2) is 11.3. The summed E-state index contributed by atoms with van der Waals surface area (Å²) in [6.45, 7) is -1.11. The minimum atomic E-state index is -4.03. The van der Waals surface area contributed by atoms with Gasteiger partial charge in [0.1, 0.15) is 25.7 Å². The summed E-state index contributed by atoms with van der Waals surface area (Å²) in [5.41, 5.74) is 1.16. The zero-order chi connectivity index (χ0) is 22.1. The van der Waals surface area contributed by atoms with Crippen molar-refractivity contribution in [2.24, 2.45) is 0 Å². The van der Waals surface area contributed by atoms with Gasteiger partial charge in [0.05, 0.1) is 0 Å². The molecule has 0 aliphatic heterocycles. The van der Waals surface area contributed by atoms with Crippen molar-refractivity contribution in [1.29, 1.82) is 0 Å². The Hall–Kier alpha value is -2.19. The summed E-state index contributed by atoms with van der Waals surface area (Å²) in [7, 11) is 0.821. The Morgan fingerprint density at radius 2 is 1.50 bits per heavy atom. The minimum Gasteiger partial charge on any atom is -0.246 e. The fourth-order valence-electron chi connectivity index (χ4n) is 1.91. The highest BCUT2D eigenvalue weighted by molar-refractivity contribution is 8.13. The summed E-state index contributed by atoms with van der Waals surface area (Å²) in [6, 6.07) is 9.87. The number of hydrogen-bond acceptors (Lipinski definition) is 7. The van der Waals surface area contributed by atoms with Crippen LogP contribution in [-0.4, -0.2) is 50.8 Å². The van der Waals surface area contributed by atoms with Crippen LogP contribution in [-0.2, 0) is 27.9 Å². The van der Waals surface area contributed by atoms with Gasteiger partial charge in [0, 0.05) is 16.4 Å². The Labute approximate surface area is 177 Å². The maximum atomic E-state index is 12.1. The van der Waals surface area contributed by atoms with Crippen LogP contribution < -0.4 is 0 Å². The molecular formula is C15H15ClF4N6O2S2. The first kappa shape index (κ1) is 24.1. The molecule has 0 aliphatic rings. The molecule has 1 aromatic carbocycles. The topological polar surface area (TPSA) is 95.6 Å². The fourth-order valence-corrected chi connectivity index (χ4v) is 3.27. The van der Waals surface area contributed by atoms with Gasteiger partial charge in [-0.25, -0.2) is 45.3 Å². The van der Waals surface area contributed by atoms with E-state index in [1.165, 1.54) is 18.1 Å². The predicted molar refractivity (Wildman–Crippen MR) is 101 cm³/mol. The summed E-state index contributed by atoms with van der Waals surface area (Å²) in [4.78, 5) is 7.20. The molecule has 2 heterocycles. The Balaban J connectivity index is 0.000000222. The SMILES string of the molecule is FC(F)Cn1cnc(SCc2ccccc2)n1.O=S(=O)(Cl)c1ncn(CC(F)F)n1. The van der Waals surface area contributed by atoms with E-state index in [4.69, 9.17) is 10.7 Å². The van der Waals surface area contributed by atoms with Crippen LogP contribution in [0.3, 0.4) is 0 Å². The van der Waals surface area contributed by atoms with Crippen molar-refractivity contribution in [2.75, 3.05) is 0 Å². The van der Waals surface area contributed by atoms with Crippen molar-refractivity contribution < 1.29 is 26.0 Å². The third-order valence-electron chi connectivity index (χ3n) is 3.11. The molecule has 0 amide bonds. The predicted octanol–water partition coefficient (Wildman–Crippen LogP) is 3.31. The Morgan fingerprint density at radius 1 is 0.933 bits per heavy atom. The summed E-state index contributed by atoms with van der Waals surface area (Å²) in [6.07, 6.45) is -2.81.